The molecular formula is C21H25N3O2. The lowest BCUT2D eigenvalue weighted by molar-refractivity contribution is -0.126. The molecule has 2 amide bonds. The highest BCUT2D eigenvalue weighted by molar-refractivity contribution is 5.83. The van der Waals surface area contributed by atoms with Crippen molar-refractivity contribution in [3.05, 3.63) is 71.8 Å². The van der Waals surface area contributed by atoms with Crippen LogP contribution in [0.3, 0.4) is 0 Å². The smallest absolute Gasteiger partial charge is 0.234 e. The molecule has 5 heteroatoms. The van der Waals surface area contributed by atoms with Crippen LogP contribution in [-0.2, 0) is 16.0 Å². The second-order valence-corrected chi connectivity index (χ2v) is 6.75. The molecule has 1 heterocycles. The van der Waals surface area contributed by atoms with E-state index in [0.29, 0.717) is 0 Å². The van der Waals surface area contributed by atoms with Crippen LogP contribution >= 0.6 is 0 Å². The Labute approximate surface area is 154 Å². The number of primary amides is 1. The third-order valence-electron chi connectivity index (χ3n) is 4.86. The van der Waals surface area contributed by atoms with Crippen molar-refractivity contribution < 1.29 is 9.59 Å². The van der Waals surface area contributed by atoms with Crippen molar-refractivity contribution in [3.8, 4) is 0 Å². The first kappa shape index (κ1) is 18.1. The van der Waals surface area contributed by atoms with Gasteiger partial charge in [-0.05, 0) is 36.9 Å². The van der Waals surface area contributed by atoms with Gasteiger partial charge >= 0.3 is 0 Å². The fraction of sp³-hybridized carbons (Fsp3) is 0.333. The first-order valence-corrected chi connectivity index (χ1v) is 9.05. The van der Waals surface area contributed by atoms with Crippen molar-refractivity contribution >= 4 is 11.8 Å². The zero-order valence-corrected chi connectivity index (χ0v) is 14.8. The van der Waals surface area contributed by atoms with Crippen LogP contribution < -0.4 is 11.1 Å². The average Bonchev–Trinajstić information content (AvgIpc) is 3.11. The Morgan fingerprint density at radius 2 is 1.73 bits per heavy atom. The van der Waals surface area contributed by atoms with Crippen molar-refractivity contribution in [2.75, 3.05) is 13.1 Å². The molecule has 5 nitrogen and oxygen atoms in total. The van der Waals surface area contributed by atoms with Crippen molar-refractivity contribution in [2.45, 2.75) is 31.3 Å². The lowest BCUT2D eigenvalue weighted by Gasteiger charge is -2.24. The van der Waals surface area contributed by atoms with Crippen LogP contribution in [0.4, 0.5) is 0 Å². The molecule has 1 saturated heterocycles. The molecule has 1 aliphatic heterocycles. The van der Waals surface area contributed by atoms with E-state index in [-0.39, 0.29) is 30.4 Å². The summed E-state index contributed by atoms with van der Waals surface area (Å²) in [6.07, 6.45) is 2.34. The second kappa shape index (κ2) is 8.63. The van der Waals surface area contributed by atoms with Crippen LogP contribution in [0.25, 0.3) is 0 Å². The third kappa shape index (κ3) is 4.70. The van der Waals surface area contributed by atoms with Gasteiger partial charge in [0.05, 0.1) is 18.6 Å². The van der Waals surface area contributed by atoms with Gasteiger partial charge in [0.1, 0.15) is 0 Å². The van der Waals surface area contributed by atoms with Crippen LogP contribution in [0, 0.1) is 0 Å². The van der Waals surface area contributed by atoms with Crippen LogP contribution in [0.5, 0.6) is 0 Å². The van der Waals surface area contributed by atoms with E-state index >= 15 is 0 Å². The molecule has 3 N–H and O–H groups in total. The van der Waals surface area contributed by atoms with E-state index in [2.05, 4.69) is 17.4 Å². The minimum atomic E-state index is -0.348. The number of carbonyl (C=O) groups is 2. The first-order valence-electron chi connectivity index (χ1n) is 9.05. The van der Waals surface area contributed by atoms with Crippen molar-refractivity contribution in [1.29, 1.82) is 0 Å². The Morgan fingerprint density at radius 1 is 1.08 bits per heavy atom. The number of likely N-dealkylation sites (tertiary alicyclic amines) is 1. The molecule has 2 atom stereocenters. The van der Waals surface area contributed by atoms with Gasteiger partial charge in [-0.1, -0.05) is 60.7 Å². The predicted molar refractivity (Wildman–Crippen MR) is 101 cm³/mol. The Hall–Kier alpha value is -2.66. The maximum absolute atomic E-state index is 12.6. The molecular weight excluding hydrogens is 326 g/mol. The van der Waals surface area contributed by atoms with E-state index in [0.717, 1.165) is 36.9 Å². The van der Waals surface area contributed by atoms with Gasteiger partial charge < -0.3 is 11.1 Å². The number of hydrogen-bond acceptors (Lipinski definition) is 3. The quantitative estimate of drug-likeness (QED) is 0.801. The summed E-state index contributed by atoms with van der Waals surface area (Å²) in [6.45, 7) is 0.932. The van der Waals surface area contributed by atoms with Crippen LogP contribution in [0.1, 0.15) is 30.0 Å². The molecule has 0 aromatic heterocycles. The number of nitrogens with zero attached hydrogens (tertiary/aromatic N) is 1. The highest BCUT2D eigenvalue weighted by atomic mass is 16.2. The molecule has 0 bridgehead atoms. The van der Waals surface area contributed by atoms with E-state index in [1.165, 1.54) is 0 Å². The Kier molecular flexibility index (Phi) is 6.02. The Balaban J connectivity index is 1.69. The highest BCUT2D eigenvalue weighted by Crippen LogP contribution is 2.20. The summed E-state index contributed by atoms with van der Waals surface area (Å²) in [5.74, 6) is -0.429. The Bertz CT molecular complexity index is 733. The maximum atomic E-state index is 12.6. The number of nitrogens with one attached hydrogen (secondary N) is 1. The lowest BCUT2D eigenvalue weighted by Crippen LogP contribution is -2.46. The standard InChI is InChI=1S/C21H25N3O2/c22-21(26)19-12-7-13-24(19)15-20(25)23-18(17-10-5-2-6-11-17)14-16-8-3-1-4-9-16/h1-6,8-11,18-19H,7,12-15H2,(H2,22,26)(H,23,25)/t18-,19+/m1/s1. The molecule has 136 valence electrons. The monoisotopic (exact) mass is 351 g/mol. The topological polar surface area (TPSA) is 75.4 Å². The predicted octanol–water partition coefficient (Wildman–Crippen LogP) is 2.04. The van der Waals surface area contributed by atoms with Gasteiger partial charge in [-0.3, -0.25) is 14.5 Å². The maximum Gasteiger partial charge on any atom is 0.234 e. The molecule has 2 aromatic rings. The summed E-state index contributed by atoms with van der Waals surface area (Å²) in [5.41, 5.74) is 7.68. The normalized spacial score (nSPS) is 18.4. The average molecular weight is 351 g/mol. The molecule has 0 saturated carbocycles. The SMILES string of the molecule is NC(=O)[C@@H]1CCCN1CC(=O)N[C@H](Cc1ccccc1)c1ccccc1. The van der Waals surface area contributed by atoms with Gasteiger partial charge in [0.2, 0.25) is 11.8 Å². The molecule has 1 aliphatic rings. The van der Waals surface area contributed by atoms with Crippen LogP contribution in [0.2, 0.25) is 0 Å². The number of hydrogen-bond donors (Lipinski definition) is 2. The van der Waals surface area contributed by atoms with Gasteiger partial charge in [0.15, 0.2) is 0 Å². The molecule has 0 unspecified atom stereocenters. The van der Waals surface area contributed by atoms with Crippen molar-refractivity contribution in [3.63, 3.8) is 0 Å². The van der Waals surface area contributed by atoms with Gasteiger partial charge in [-0.15, -0.1) is 0 Å². The summed E-state index contributed by atoms with van der Waals surface area (Å²) in [5, 5.41) is 3.14. The number of amides is 2. The highest BCUT2D eigenvalue weighted by Gasteiger charge is 2.30. The fourth-order valence-electron chi connectivity index (χ4n) is 3.55. The van der Waals surface area contributed by atoms with Crippen LogP contribution in [-0.4, -0.2) is 35.8 Å². The van der Waals surface area contributed by atoms with Gasteiger partial charge in [-0.2, -0.15) is 0 Å². The number of rotatable bonds is 7. The summed E-state index contributed by atoms with van der Waals surface area (Å²) < 4.78 is 0. The summed E-state index contributed by atoms with van der Waals surface area (Å²) in [6, 6.07) is 19.6. The zero-order valence-electron chi connectivity index (χ0n) is 14.8. The van der Waals surface area contributed by atoms with Crippen molar-refractivity contribution in [1.82, 2.24) is 10.2 Å². The van der Waals surface area contributed by atoms with Gasteiger partial charge in [0.25, 0.3) is 0 Å². The Morgan fingerprint density at radius 3 is 2.38 bits per heavy atom. The lowest BCUT2D eigenvalue weighted by atomic mass is 9.99. The second-order valence-electron chi connectivity index (χ2n) is 6.75. The summed E-state index contributed by atoms with van der Waals surface area (Å²) in [4.78, 5) is 26.0. The van der Waals surface area contributed by atoms with Gasteiger partial charge in [-0.25, -0.2) is 0 Å². The molecule has 0 radical (unpaired) electrons. The van der Waals surface area contributed by atoms with E-state index < -0.39 is 0 Å². The largest absolute Gasteiger partial charge is 0.368 e. The van der Waals surface area contributed by atoms with Crippen molar-refractivity contribution in [2.24, 2.45) is 5.73 Å². The molecule has 0 aliphatic carbocycles. The van der Waals surface area contributed by atoms with Crippen LogP contribution in [0.15, 0.2) is 60.7 Å². The molecule has 3 rings (SSSR count). The number of nitrogens with two attached hydrogens (primary N) is 1. The van der Waals surface area contributed by atoms with E-state index in [9.17, 15) is 9.59 Å². The van der Waals surface area contributed by atoms with E-state index in [1.807, 2.05) is 53.4 Å². The first-order chi connectivity index (χ1) is 12.6. The number of benzene rings is 2. The zero-order chi connectivity index (χ0) is 18.4. The molecule has 0 spiro atoms. The number of carbonyl (C=O) groups excluding carboxylic acids is 2. The summed E-state index contributed by atoms with van der Waals surface area (Å²) in [7, 11) is 0. The minimum Gasteiger partial charge on any atom is -0.368 e. The third-order valence-corrected chi connectivity index (χ3v) is 4.86. The fourth-order valence-corrected chi connectivity index (χ4v) is 3.55. The molecule has 1 fully saturated rings. The van der Waals surface area contributed by atoms with E-state index in [1.54, 1.807) is 0 Å². The molecule has 2 aromatic carbocycles. The summed E-state index contributed by atoms with van der Waals surface area (Å²) >= 11 is 0. The molecule has 26 heavy (non-hydrogen) atoms. The van der Waals surface area contributed by atoms with E-state index in [4.69, 9.17) is 5.73 Å². The van der Waals surface area contributed by atoms with Gasteiger partial charge in [0, 0.05) is 0 Å². The minimum absolute atomic E-state index is 0.0806.